The summed E-state index contributed by atoms with van der Waals surface area (Å²) in [7, 11) is 0. The molecule has 0 unspecified atom stereocenters. The highest BCUT2D eigenvalue weighted by atomic mass is 16.5. The van der Waals surface area contributed by atoms with Gasteiger partial charge in [0.2, 0.25) is 11.9 Å². The Bertz CT molecular complexity index is 289. The van der Waals surface area contributed by atoms with Crippen LogP contribution in [0.2, 0.25) is 0 Å². The van der Waals surface area contributed by atoms with E-state index in [9.17, 15) is 5.21 Å². The second-order valence-electron chi connectivity index (χ2n) is 3.99. The van der Waals surface area contributed by atoms with Gasteiger partial charge in [-0.3, -0.25) is 0 Å². The quantitative estimate of drug-likeness (QED) is 0.431. The third-order valence-electron chi connectivity index (χ3n) is 1.70. The van der Waals surface area contributed by atoms with Crippen LogP contribution in [0.15, 0.2) is 12.4 Å². The fraction of sp³-hybridized carbons (Fsp3) is 0.556. The summed E-state index contributed by atoms with van der Waals surface area (Å²) in [5.41, 5.74) is 1.31. The van der Waals surface area contributed by atoms with Crippen LogP contribution >= 0.6 is 0 Å². The van der Waals surface area contributed by atoms with Crippen LogP contribution in [0.1, 0.15) is 32.2 Å². The number of hydrogen-bond acceptors (Lipinski definition) is 2. The Morgan fingerprint density at radius 2 is 2.00 bits per heavy atom. The largest absolute Gasteiger partial charge is 0.618 e. The molecule has 1 heterocycles. The van der Waals surface area contributed by atoms with Crippen molar-refractivity contribution in [1.29, 1.82) is 0 Å². The molecule has 0 atom stereocenters. The molecular formula is C9H14N2O. The molecule has 0 fully saturated rings. The summed E-state index contributed by atoms with van der Waals surface area (Å²) in [6.07, 6.45) is 3.14. The SMILES string of the molecule is Cc1c[n+]([O-])c(C(C)(C)C)cn1. The third-order valence-corrected chi connectivity index (χ3v) is 1.70. The summed E-state index contributed by atoms with van der Waals surface area (Å²) < 4.78 is 0.891. The van der Waals surface area contributed by atoms with Crippen molar-refractivity contribution in [2.75, 3.05) is 0 Å². The predicted molar refractivity (Wildman–Crippen MR) is 46.6 cm³/mol. The zero-order valence-electron chi connectivity index (χ0n) is 7.96. The molecule has 12 heavy (non-hydrogen) atoms. The Hall–Kier alpha value is -1.12. The van der Waals surface area contributed by atoms with Crippen LogP contribution in [0, 0.1) is 12.1 Å². The lowest BCUT2D eigenvalue weighted by Gasteiger charge is -2.16. The van der Waals surface area contributed by atoms with E-state index in [0.29, 0.717) is 5.69 Å². The van der Waals surface area contributed by atoms with Crippen LogP contribution in [0.5, 0.6) is 0 Å². The summed E-state index contributed by atoms with van der Waals surface area (Å²) in [4.78, 5) is 4.09. The zero-order valence-corrected chi connectivity index (χ0v) is 7.96. The molecule has 1 rings (SSSR count). The van der Waals surface area contributed by atoms with Gasteiger partial charge in [-0.2, -0.15) is 4.73 Å². The number of hydrogen-bond donors (Lipinski definition) is 0. The van der Waals surface area contributed by atoms with Crippen LogP contribution in [-0.4, -0.2) is 4.98 Å². The van der Waals surface area contributed by atoms with E-state index in [1.807, 2.05) is 20.8 Å². The first-order chi connectivity index (χ1) is 5.41. The van der Waals surface area contributed by atoms with Gasteiger partial charge in [-0.25, -0.2) is 4.98 Å². The van der Waals surface area contributed by atoms with Gasteiger partial charge in [0.1, 0.15) is 5.69 Å². The molecule has 1 aromatic heterocycles. The molecule has 0 aromatic carbocycles. The molecule has 3 heteroatoms. The molecule has 0 saturated carbocycles. The first kappa shape index (κ1) is 8.97. The van der Waals surface area contributed by atoms with E-state index in [2.05, 4.69) is 4.98 Å². The Balaban J connectivity index is 3.19. The van der Waals surface area contributed by atoms with Gasteiger partial charge in [0.15, 0.2) is 0 Å². The topological polar surface area (TPSA) is 39.8 Å². The highest BCUT2D eigenvalue weighted by Crippen LogP contribution is 2.16. The van der Waals surface area contributed by atoms with Crippen molar-refractivity contribution in [2.45, 2.75) is 33.1 Å². The average Bonchev–Trinajstić information content (AvgIpc) is 1.83. The molecule has 0 aliphatic rings. The molecule has 0 amide bonds. The van der Waals surface area contributed by atoms with E-state index in [1.54, 1.807) is 13.1 Å². The lowest BCUT2D eigenvalue weighted by Crippen LogP contribution is -2.38. The smallest absolute Gasteiger partial charge is 0.216 e. The summed E-state index contributed by atoms with van der Waals surface area (Å²) in [5.74, 6) is 0. The normalized spacial score (nSPS) is 11.7. The van der Waals surface area contributed by atoms with Gasteiger partial charge < -0.3 is 5.21 Å². The number of nitrogens with zero attached hydrogens (tertiary/aromatic N) is 2. The number of aromatic nitrogens is 2. The molecule has 0 saturated heterocycles. The lowest BCUT2D eigenvalue weighted by molar-refractivity contribution is -0.618. The van der Waals surface area contributed by atoms with Crippen LogP contribution in [0.25, 0.3) is 0 Å². The fourth-order valence-corrected chi connectivity index (χ4v) is 1.02. The van der Waals surface area contributed by atoms with Gasteiger partial charge in [0, 0.05) is 5.41 Å². The molecular weight excluding hydrogens is 152 g/mol. The monoisotopic (exact) mass is 166 g/mol. The van der Waals surface area contributed by atoms with Crippen LogP contribution in [-0.2, 0) is 5.41 Å². The highest BCUT2D eigenvalue weighted by Gasteiger charge is 2.23. The molecule has 0 spiro atoms. The minimum Gasteiger partial charge on any atom is -0.618 e. The Labute approximate surface area is 72.7 Å². The van der Waals surface area contributed by atoms with Gasteiger partial charge >= 0.3 is 0 Å². The summed E-state index contributed by atoms with van der Waals surface area (Å²) in [6, 6.07) is 0. The average molecular weight is 166 g/mol. The number of rotatable bonds is 0. The lowest BCUT2D eigenvalue weighted by atomic mass is 9.92. The van der Waals surface area contributed by atoms with Gasteiger partial charge in [-0.15, -0.1) is 0 Å². The first-order valence-electron chi connectivity index (χ1n) is 3.97. The summed E-state index contributed by atoms with van der Waals surface area (Å²) in [6.45, 7) is 7.79. The molecule has 1 aromatic rings. The Morgan fingerprint density at radius 3 is 2.42 bits per heavy atom. The van der Waals surface area contributed by atoms with Gasteiger partial charge in [0.25, 0.3) is 0 Å². The van der Waals surface area contributed by atoms with Crippen molar-refractivity contribution in [1.82, 2.24) is 4.98 Å². The van der Waals surface area contributed by atoms with Gasteiger partial charge in [-0.05, 0) is 6.92 Å². The highest BCUT2D eigenvalue weighted by molar-refractivity contribution is 5.04. The third kappa shape index (κ3) is 1.72. The van der Waals surface area contributed by atoms with Crippen LogP contribution in [0.3, 0.4) is 0 Å². The van der Waals surface area contributed by atoms with Crippen LogP contribution in [0.4, 0.5) is 0 Å². The van der Waals surface area contributed by atoms with E-state index in [-0.39, 0.29) is 5.41 Å². The van der Waals surface area contributed by atoms with Gasteiger partial charge in [-0.1, -0.05) is 20.8 Å². The van der Waals surface area contributed by atoms with Crippen molar-refractivity contribution in [3.63, 3.8) is 0 Å². The fourth-order valence-electron chi connectivity index (χ4n) is 1.02. The van der Waals surface area contributed by atoms with Crippen molar-refractivity contribution in [3.05, 3.63) is 29.0 Å². The second kappa shape index (κ2) is 2.73. The maximum Gasteiger partial charge on any atom is 0.216 e. The predicted octanol–water partition coefficient (Wildman–Crippen LogP) is 1.32. The zero-order chi connectivity index (χ0) is 9.35. The van der Waals surface area contributed by atoms with E-state index >= 15 is 0 Å². The van der Waals surface area contributed by atoms with Crippen molar-refractivity contribution >= 4 is 0 Å². The minimum absolute atomic E-state index is 0.136. The van der Waals surface area contributed by atoms with E-state index in [1.165, 1.54) is 6.20 Å². The van der Waals surface area contributed by atoms with E-state index in [0.717, 1.165) is 10.4 Å². The standard InChI is InChI=1S/C9H14N2O/c1-7-6-11(12)8(5-10-7)9(2,3)4/h5-6H,1-4H3. The first-order valence-corrected chi connectivity index (χ1v) is 3.97. The van der Waals surface area contributed by atoms with Crippen LogP contribution < -0.4 is 4.73 Å². The Kier molecular flexibility index (Phi) is 2.04. The van der Waals surface area contributed by atoms with E-state index in [4.69, 9.17) is 0 Å². The maximum absolute atomic E-state index is 11.4. The molecule has 3 nitrogen and oxygen atoms in total. The Morgan fingerprint density at radius 1 is 1.42 bits per heavy atom. The number of aryl methyl sites for hydroxylation is 1. The maximum atomic E-state index is 11.4. The minimum atomic E-state index is -0.136. The molecule has 0 bridgehead atoms. The summed E-state index contributed by atoms with van der Waals surface area (Å²) in [5, 5.41) is 11.4. The van der Waals surface area contributed by atoms with Crippen molar-refractivity contribution < 1.29 is 4.73 Å². The van der Waals surface area contributed by atoms with Crippen molar-refractivity contribution in [2.24, 2.45) is 0 Å². The molecule has 66 valence electrons. The van der Waals surface area contributed by atoms with Crippen molar-refractivity contribution in [3.8, 4) is 0 Å². The molecule has 0 aliphatic carbocycles. The molecule has 0 N–H and O–H groups in total. The molecule has 0 aliphatic heterocycles. The van der Waals surface area contributed by atoms with E-state index < -0.39 is 0 Å². The molecule has 0 radical (unpaired) electrons. The van der Waals surface area contributed by atoms with Gasteiger partial charge in [0.05, 0.1) is 6.20 Å². The second-order valence-corrected chi connectivity index (χ2v) is 3.99. The summed E-state index contributed by atoms with van der Waals surface area (Å²) >= 11 is 0.